The summed E-state index contributed by atoms with van der Waals surface area (Å²) in [7, 11) is 0. The highest BCUT2D eigenvalue weighted by molar-refractivity contribution is 7.23. The number of halogens is 1. The fourth-order valence-electron chi connectivity index (χ4n) is 3.59. The summed E-state index contributed by atoms with van der Waals surface area (Å²) in [5.41, 5.74) is 2.22. The van der Waals surface area contributed by atoms with Crippen molar-refractivity contribution < 1.29 is 5.11 Å². The molecule has 3 aromatic carbocycles. The van der Waals surface area contributed by atoms with Crippen LogP contribution in [0.3, 0.4) is 0 Å². The van der Waals surface area contributed by atoms with Gasteiger partial charge in [-0.3, -0.25) is 4.79 Å². The van der Waals surface area contributed by atoms with Gasteiger partial charge in [0.05, 0.1) is 10.9 Å². The fraction of sp³-hybridized carbons (Fsp3) is 0. The van der Waals surface area contributed by atoms with Gasteiger partial charge in [0.15, 0.2) is 0 Å². The van der Waals surface area contributed by atoms with Gasteiger partial charge >= 0.3 is 0 Å². The first-order valence-corrected chi connectivity index (χ1v) is 9.95. The Morgan fingerprint density at radius 1 is 0.821 bits per heavy atom. The van der Waals surface area contributed by atoms with E-state index in [0.717, 1.165) is 21.9 Å². The molecule has 0 amide bonds. The minimum atomic E-state index is -0.334. The predicted molar refractivity (Wildman–Crippen MR) is 117 cm³/mol. The van der Waals surface area contributed by atoms with Gasteiger partial charge < -0.3 is 10.1 Å². The Balaban J connectivity index is 1.84. The minimum Gasteiger partial charge on any atom is -0.506 e. The van der Waals surface area contributed by atoms with Gasteiger partial charge in [-0.25, -0.2) is 0 Å². The van der Waals surface area contributed by atoms with E-state index in [1.54, 1.807) is 12.1 Å². The summed E-state index contributed by atoms with van der Waals surface area (Å²) in [6.45, 7) is 0. The number of nitrogens with one attached hydrogen (secondary N) is 1. The van der Waals surface area contributed by atoms with Crippen molar-refractivity contribution in [1.82, 2.24) is 4.98 Å². The zero-order valence-corrected chi connectivity index (χ0v) is 16.1. The highest BCUT2D eigenvalue weighted by Crippen LogP contribution is 2.47. The van der Waals surface area contributed by atoms with E-state index in [9.17, 15) is 9.90 Å². The molecule has 0 atom stereocenters. The average Bonchev–Trinajstić information content (AvgIpc) is 3.04. The third kappa shape index (κ3) is 2.61. The number of thiophene rings is 1. The standard InChI is InChI=1S/C23H14ClNO2S/c24-21-17(16-11-10-13-6-4-5-9-15(13)12-16)19-20(26)18(14-7-2-1-3-8-14)22(27)25-23(19)28-21/h1-12H,(H2,25,26,27). The summed E-state index contributed by atoms with van der Waals surface area (Å²) in [5.74, 6) is -0.0451. The highest BCUT2D eigenvalue weighted by atomic mass is 35.5. The molecular formula is C23H14ClNO2S. The van der Waals surface area contributed by atoms with Crippen LogP contribution in [0.4, 0.5) is 0 Å². The molecule has 28 heavy (non-hydrogen) atoms. The van der Waals surface area contributed by atoms with Crippen molar-refractivity contribution in [3.63, 3.8) is 0 Å². The Kier molecular flexibility index (Phi) is 3.97. The van der Waals surface area contributed by atoms with Crippen LogP contribution < -0.4 is 5.56 Å². The van der Waals surface area contributed by atoms with Crippen molar-refractivity contribution in [2.75, 3.05) is 0 Å². The normalized spacial score (nSPS) is 11.3. The Hall–Kier alpha value is -3.08. The minimum absolute atomic E-state index is 0.0451. The van der Waals surface area contributed by atoms with E-state index < -0.39 is 0 Å². The molecule has 0 aliphatic heterocycles. The maximum Gasteiger partial charge on any atom is 0.260 e. The molecule has 3 nitrogen and oxygen atoms in total. The molecule has 136 valence electrons. The molecule has 0 aliphatic rings. The van der Waals surface area contributed by atoms with E-state index in [-0.39, 0.29) is 16.9 Å². The van der Waals surface area contributed by atoms with E-state index in [2.05, 4.69) is 17.1 Å². The summed E-state index contributed by atoms with van der Waals surface area (Å²) in [4.78, 5) is 16.1. The first-order valence-electron chi connectivity index (χ1n) is 8.75. The molecule has 0 saturated carbocycles. The SMILES string of the molecule is O=c1[nH]c2sc(Cl)c(-c3ccc4ccccc4c3)c2c(O)c1-c1ccccc1. The van der Waals surface area contributed by atoms with Crippen molar-refractivity contribution in [2.24, 2.45) is 0 Å². The molecule has 5 heteroatoms. The second kappa shape index (κ2) is 6.51. The number of aromatic amines is 1. The smallest absolute Gasteiger partial charge is 0.260 e. The van der Waals surface area contributed by atoms with Gasteiger partial charge in [0, 0.05) is 5.56 Å². The topological polar surface area (TPSA) is 53.1 Å². The molecule has 0 spiro atoms. The Morgan fingerprint density at radius 2 is 1.54 bits per heavy atom. The third-order valence-electron chi connectivity index (χ3n) is 4.89. The average molecular weight is 404 g/mol. The molecule has 0 fully saturated rings. The lowest BCUT2D eigenvalue weighted by molar-refractivity contribution is 0.483. The van der Waals surface area contributed by atoms with Crippen LogP contribution >= 0.6 is 22.9 Å². The number of hydrogen-bond acceptors (Lipinski definition) is 3. The molecule has 5 aromatic rings. The lowest BCUT2D eigenvalue weighted by atomic mass is 9.98. The molecular weight excluding hydrogens is 390 g/mol. The Morgan fingerprint density at radius 3 is 2.32 bits per heavy atom. The largest absolute Gasteiger partial charge is 0.506 e. The number of pyridine rings is 1. The van der Waals surface area contributed by atoms with Crippen molar-refractivity contribution in [3.8, 4) is 28.0 Å². The number of H-pyrrole nitrogens is 1. The quantitative estimate of drug-likeness (QED) is 0.356. The fourth-order valence-corrected chi connectivity index (χ4v) is 4.97. The second-order valence-electron chi connectivity index (χ2n) is 6.56. The van der Waals surface area contributed by atoms with E-state index in [1.165, 1.54) is 11.3 Å². The van der Waals surface area contributed by atoms with Crippen LogP contribution in [-0.4, -0.2) is 10.1 Å². The molecule has 0 radical (unpaired) electrons. The van der Waals surface area contributed by atoms with Crippen molar-refractivity contribution >= 4 is 43.9 Å². The number of rotatable bonds is 2. The lowest BCUT2D eigenvalue weighted by Crippen LogP contribution is -2.08. The Labute approximate surface area is 169 Å². The van der Waals surface area contributed by atoms with E-state index in [0.29, 0.717) is 20.1 Å². The summed E-state index contributed by atoms with van der Waals surface area (Å²) in [6, 6.07) is 23.3. The van der Waals surface area contributed by atoms with Crippen LogP contribution in [0.2, 0.25) is 4.34 Å². The molecule has 2 aromatic heterocycles. The molecule has 2 heterocycles. The number of hydrogen-bond donors (Lipinski definition) is 2. The second-order valence-corrected chi connectivity index (χ2v) is 8.18. The monoisotopic (exact) mass is 403 g/mol. The zero-order chi connectivity index (χ0) is 19.3. The molecule has 2 N–H and O–H groups in total. The van der Waals surface area contributed by atoms with Crippen LogP contribution in [0.15, 0.2) is 77.6 Å². The first kappa shape index (κ1) is 17.0. The van der Waals surface area contributed by atoms with Gasteiger partial charge in [0.2, 0.25) is 0 Å². The first-order chi connectivity index (χ1) is 13.6. The summed E-state index contributed by atoms with van der Waals surface area (Å²) < 4.78 is 0.529. The van der Waals surface area contributed by atoms with Crippen molar-refractivity contribution in [1.29, 1.82) is 0 Å². The van der Waals surface area contributed by atoms with Crippen LogP contribution in [0.1, 0.15) is 0 Å². The van der Waals surface area contributed by atoms with Gasteiger partial charge in [-0.05, 0) is 28.0 Å². The van der Waals surface area contributed by atoms with Crippen LogP contribution in [-0.2, 0) is 0 Å². The lowest BCUT2D eigenvalue weighted by Gasteiger charge is -2.08. The molecule has 0 saturated heterocycles. The van der Waals surface area contributed by atoms with Crippen molar-refractivity contribution in [2.45, 2.75) is 0 Å². The predicted octanol–water partition coefficient (Wildman–Crippen LogP) is 6.44. The summed E-state index contributed by atoms with van der Waals surface area (Å²) >= 11 is 7.82. The van der Waals surface area contributed by atoms with Crippen LogP contribution in [0.5, 0.6) is 5.75 Å². The van der Waals surface area contributed by atoms with E-state index in [1.807, 2.05) is 48.5 Å². The zero-order valence-electron chi connectivity index (χ0n) is 14.6. The molecule has 0 unspecified atom stereocenters. The van der Waals surface area contributed by atoms with Gasteiger partial charge in [0.25, 0.3) is 5.56 Å². The maximum atomic E-state index is 12.6. The number of benzene rings is 3. The summed E-state index contributed by atoms with van der Waals surface area (Å²) in [5, 5.41) is 13.9. The highest BCUT2D eigenvalue weighted by Gasteiger charge is 2.22. The molecule has 5 rings (SSSR count). The third-order valence-corrected chi connectivity index (χ3v) is 6.21. The van der Waals surface area contributed by atoms with Crippen LogP contribution in [0.25, 0.3) is 43.2 Å². The van der Waals surface area contributed by atoms with Gasteiger partial charge in [-0.2, -0.15) is 0 Å². The van der Waals surface area contributed by atoms with Gasteiger partial charge in [-0.15, -0.1) is 11.3 Å². The van der Waals surface area contributed by atoms with E-state index >= 15 is 0 Å². The van der Waals surface area contributed by atoms with Crippen molar-refractivity contribution in [3.05, 3.63) is 87.5 Å². The number of aromatic hydroxyl groups is 1. The molecule has 0 bridgehead atoms. The van der Waals surface area contributed by atoms with Gasteiger partial charge in [0.1, 0.15) is 14.9 Å². The summed E-state index contributed by atoms with van der Waals surface area (Å²) in [6.07, 6.45) is 0. The van der Waals surface area contributed by atoms with E-state index in [4.69, 9.17) is 11.6 Å². The van der Waals surface area contributed by atoms with Gasteiger partial charge in [-0.1, -0.05) is 78.3 Å². The number of fused-ring (bicyclic) bond motifs is 2. The van der Waals surface area contributed by atoms with Crippen LogP contribution in [0, 0.1) is 0 Å². The maximum absolute atomic E-state index is 12.6. The molecule has 0 aliphatic carbocycles. The Bertz CT molecular complexity index is 1400. The number of aromatic nitrogens is 1.